The largest absolute Gasteiger partial charge is 0.368 e. The monoisotopic (exact) mass is 370 g/mol. The van der Waals surface area contributed by atoms with Gasteiger partial charge in [0.2, 0.25) is 0 Å². The zero-order valence-corrected chi connectivity index (χ0v) is 16.1. The number of benzene rings is 1. The summed E-state index contributed by atoms with van der Waals surface area (Å²) in [6.07, 6.45) is 8.06. The minimum absolute atomic E-state index is 0.0782. The molecule has 0 bridgehead atoms. The lowest BCUT2D eigenvalue weighted by Crippen LogP contribution is -2.52. The minimum atomic E-state index is -0.264. The van der Waals surface area contributed by atoms with Crippen molar-refractivity contribution in [3.05, 3.63) is 35.4 Å². The van der Waals surface area contributed by atoms with Gasteiger partial charge in [0.1, 0.15) is 6.10 Å². The lowest BCUT2D eigenvalue weighted by atomic mass is 9.84. The molecule has 146 valence electrons. The molecule has 1 saturated carbocycles. The molecule has 0 radical (unpaired) electrons. The van der Waals surface area contributed by atoms with Gasteiger partial charge in [-0.15, -0.1) is 0 Å². The van der Waals surface area contributed by atoms with Crippen LogP contribution < -0.4 is 0 Å². The van der Waals surface area contributed by atoms with E-state index in [0.29, 0.717) is 38.7 Å². The Balaban J connectivity index is 1.31. The fourth-order valence-electron chi connectivity index (χ4n) is 4.62. The van der Waals surface area contributed by atoms with Gasteiger partial charge in [0.05, 0.1) is 0 Å². The second kappa shape index (κ2) is 8.42. The van der Waals surface area contributed by atoms with E-state index in [1.807, 2.05) is 21.9 Å². The Labute approximate surface area is 161 Å². The Bertz CT molecular complexity index is 653. The summed E-state index contributed by atoms with van der Waals surface area (Å²) in [7, 11) is 0. The highest BCUT2D eigenvalue weighted by atomic mass is 16.5. The van der Waals surface area contributed by atoms with Gasteiger partial charge in [-0.25, -0.2) is 0 Å². The molecule has 4 rings (SSSR count). The molecular weight excluding hydrogens is 340 g/mol. The Morgan fingerprint density at radius 1 is 0.815 bits per heavy atom. The Hall–Kier alpha value is -1.88. The molecule has 2 saturated heterocycles. The van der Waals surface area contributed by atoms with E-state index in [1.165, 1.54) is 37.7 Å². The normalized spacial score (nSPS) is 24.2. The number of carbonyl (C=O) groups excluding carboxylic acids is 2. The number of carbonyl (C=O) groups is 2. The summed E-state index contributed by atoms with van der Waals surface area (Å²) >= 11 is 0. The van der Waals surface area contributed by atoms with Crippen LogP contribution in [0.5, 0.6) is 0 Å². The maximum atomic E-state index is 12.8. The van der Waals surface area contributed by atoms with Gasteiger partial charge in [0, 0.05) is 38.3 Å². The molecule has 2 heterocycles. The van der Waals surface area contributed by atoms with Gasteiger partial charge in [-0.2, -0.15) is 0 Å². The molecular formula is C22H30N2O3. The number of piperazine rings is 1. The van der Waals surface area contributed by atoms with Crippen molar-refractivity contribution in [2.24, 2.45) is 0 Å². The van der Waals surface area contributed by atoms with Crippen LogP contribution in [0.2, 0.25) is 0 Å². The topological polar surface area (TPSA) is 49.9 Å². The third-order valence-corrected chi connectivity index (χ3v) is 6.32. The van der Waals surface area contributed by atoms with Gasteiger partial charge in [-0.1, -0.05) is 31.4 Å². The minimum Gasteiger partial charge on any atom is -0.368 e. The van der Waals surface area contributed by atoms with Crippen molar-refractivity contribution in [2.45, 2.75) is 57.0 Å². The lowest BCUT2D eigenvalue weighted by Gasteiger charge is -2.35. The van der Waals surface area contributed by atoms with Crippen LogP contribution >= 0.6 is 0 Å². The zero-order chi connectivity index (χ0) is 18.6. The van der Waals surface area contributed by atoms with Crippen LogP contribution in [0.3, 0.4) is 0 Å². The van der Waals surface area contributed by atoms with Crippen LogP contribution in [0.4, 0.5) is 0 Å². The van der Waals surface area contributed by atoms with E-state index in [9.17, 15) is 9.59 Å². The van der Waals surface area contributed by atoms with Crippen LogP contribution in [-0.4, -0.2) is 60.5 Å². The zero-order valence-electron chi connectivity index (χ0n) is 16.1. The van der Waals surface area contributed by atoms with E-state index in [2.05, 4.69) is 12.1 Å². The highest BCUT2D eigenvalue weighted by Crippen LogP contribution is 2.32. The molecule has 3 fully saturated rings. The average molecular weight is 370 g/mol. The highest BCUT2D eigenvalue weighted by Gasteiger charge is 2.31. The molecule has 1 aromatic rings. The number of hydrogen-bond acceptors (Lipinski definition) is 3. The van der Waals surface area contributed by atoms with Crippen LogP contribution in [0.1, 0.15) is 66.8 Å². The van der Waals surface area contributed by atoms with Crippen molar-refractivity contribution < 1.29 is 14.3 Å². The Morgan fingerprint density at radius 2 is 1.48 bits per heavy atom. The highest BCUT2D eigenvalue weighted by molar-refractivity contribution is 5.94. The first-order valence-electron chi connectivity index (χ1n) is 10.5. The van der Waals surface area contributed by atoms with Crippen molar-refractivity contribution in [1.29, 1.82) is 0 Å². The maximum Gasteiger partial charge on any atom is 0.253 e. The van der Waals surface area contributed by atoms with Gasteiger partial charge in [-0.3, -0.25) is 9.59 Å². The standard InChI is InChI=1S/C22H30N2O3/c25-21(19-10-8-18(9-11-19)17-5-2-1-3-6-17)23-12-14-24(15-13-23)22(26)20-7-4-16-27-20/h8-11,17,20H,1-7,12-16H2/t20-/m1/s1. The molecule has 1 aliphatic carbocycles. The molecule has 27 heavy (non-hydrogen) atoms. The van der Waals surface area contributed by atoms with Crippen LogP contribution in [0, 0.1) is 0 Å². The summed E-state index contributed by atoms with van der Waals surface area (Å²) < 4.78 is 5.50. The Morgan fingerprint density at radius 3 is 2.11 bits per heavy atom. The van der Waals surface area contributed by atoms with Crippen LogP contribution in [0.15, 0.2) is 24.3 Å². The smallest absolute Gasteiger partial charge is 0.253 e. The Kier molecular flexibility index (Phi) is 5.77. The van der Waals surface area contributed by atoms with Gasteiger partial charge >= 0.3 is 0 Å². The SMILES string of the molecule is O=C(c1ccc(C2CCCCC2)cc1)N1CCN(C(=O)[C@H]2CCCO2)CC1. The fourth-order valence-corrected chi connectivity index (χ4v) is 4.62. The van der Waals surface area contributed by atoms with Crippen molar-refractivity contribution in [3.8, 4) is 0 Å². The molecule has 5 nitrogen and oxygen atoms in total. The second-order valence-corrected chi connectivity index (χ2v) is 8.08. The van der Waals surface area contributed by atoms with Crippen molar-refractivity contribution >= 4 is 11.8 Å². The van der Waals surface area contributed by atoms with E-state index in [1.54, 1.807) is 0 Å². The maximum absolute atomic E-state index is 12.8. The first-order valence-corrected chi connectivity index (χ1v) is 10.5. The first kappa shape index (κ1) is 18.5. The number of rotatable bonds is 3. The van der Waals surface area contributed by atoms with Gasteiger partial charge < -0.3 is 14.5 Å². The summed E-state index contributed by atoms with van der Waals surface area (Å²) in [6, 6.07) is 8.24. The van der Waals surface area contributed by atoms with Crippen molar-refractivity contribution in [3.63, 3.8) is 0 Å². The third kappa shape index (κ3) is 4.18. The second-order valence-electron chi connectivity index (χ2n) is 8.08. The molecule has 3 aliphatic rings. The molecule has 0 N–H and O–H groups in total. The van der Waals surface area contributed by atoms with Crippen LogP contribution in [0.25, 0.3) is 0 Å². The fraction of sp³-hybridized carbons (Fsp3) is 0.636. The summed E-state index contributed by atoms with van der Waals surface area (Å²) in [6.45, 7) is 3.09. The third-order valence-electron chi connectivity index (χ3n) is 6.32. The summed E-state index contributed by atoms with van der Waals surface area (Å²) in [5.74, 6) is 0.834. The van der Waals surface area contributed by atoms with Crippen molar-refractivity contribution in [1.82, 2.24) is 9.80 Å². The van der Waals surface area contributed by atoms with Crippen LogP contribution in [-0.2, 0) is 9.53 Å². The van der Waals surface area contributed by atoms with Gasteiger partial charge in [-0.05, 0) is 49.3 Å². The van der Waals surface area contributed by atoms with E-state index in [-0.39, 0.29) is 17.9 Å². The predicted molar refractivity (Wildman–Crippen MR) is 104 cm³/mol. The summed E-state index contributed by atoms with van der Waals surface area (Å²) in [5.41, 5.74) is 2.13. The van der Waals surface area contributed by atoms with E-state index >= 15 is 0 Å². The van der Waals surface area contributed by atoms with E-state index in [0.717, 1.165) is 18.4 Å². The summed E-state index contributed by atoms with van der Waals surface area (Å²) in [4.78, 5) is 29.0. The predicted octanol–water partition coefficient (Wildman–Crippen LogP) is 3.20. The van der Waals surface area contributed by atoms with Crippen molar-refractivity contribution in [2.75, 3.05) is 32.8 Å². The molecule has 1 atom stereocenters. The van der Waals surface area contributed by atoms with E-state index < -0.39 is 0 Å². The van der Waals surface area contributed by atoms with E-state index in [4.69, 9.17) is 4.74 Å². The molecule has 2 amide bonds. The lowest BCUT2D eigenvalue weighted by molar-refractivity contribution is -0.142. The average Bonchev–Trinajstić information content (AvgIpc) is 3.28. The quantitative estimate of drug-likeness (QED) is 0.821. The molecule has 2 aliphatic heterocycles. The van der Waals surface area contributed by atoms with Gasteiger partial charge in [0.15, 0.2) is 0 Å². The first-order chi connectivity index (χ1) is 13.2. The number of ether oxygens (including phenoxy) is 1. The number of amides is 2. The molecule has 0 unspecified atom stereocenters. The molecule has 1 aromatic carbocycles. The molecule has 0 spiro atoms. The summed E-state index contributed by atoms with van der Waals surface area (Å²) in [5, 5.41) is 0. The van der Waals surface area contributed by atoms with Gasteiger partial charge in [0.25, 0.3) is 11.8 Å². The molecule has 5 heteroatoms. The number of hydrogen-bond donors (Lipinski definition) is 0. The number of nitrogens with zero attached hydrogens (tertiary/aromatic N) is 2. The molecule has 0 aromatic heterocycles.